The molecule has 1 amide bonds. The highest BCUT2D eigenvalue weighted by Crippen LogP contribution is 2.14. The molecule has 0 saturated carbocycles. The molecule has 0 aromatic carbocycles. The Labute approximate surface area is 111 Å². The Balaban J connectivity index is 2.63. The SMILES string of the molecule is CCn1cc(Br)cc1C(=O)NCC(C)N(C)C. The van der Waals surface area contributed by atoms with Crippen LogP contribution >= 0.6 is 15.9 Å². The summed E-state index contributed by atoms with van der Waals surface area (Å²) in [5.74, 6) is -0.0220. The van der Waals surface area contributed by atoms with Gasteiger partial charge in [-0.15, -0.1) is 0 Å². The number of carbonyl (C=O) groups excluding carboxylic acids is 1. The Hall–Kier alpha value is -0.810. The van der Waals surface area contributed by atoms with E-state index < -0.39 is 0 Å². The highest BCUT2D eigenvalue weighted by molar-refractivity contribution is 9.10. The normalized spacial score (nSPS) is 12.8. The number of nitrogens with one attached hydrogen (secondary N) is 1. The van der Waals surface area contributed by atoms with E-state index in [9.17, 15) is 4.79 Å². The molecule has 0 bridgehead atoms. The summed E-state index contributed by atoms with van der Waals surface area (Å²) in [5.41, 5.74) is 0.699. The van der Waals surface area contributed by atoms with Gasteiger partial charge in [-0.05, 0) is 49.9 Å². The van der Waals surface area contributed by atoms with Gasteiger partial charge in [-0.2, -0.15) is 0 Å². The molecule has 0 fully saturated rings. The third-order valence-electron chi connectivity index (χ3n) is 2.88. The average molecular weight is 302 g/mol. The fourth-order valence-corrected chi connectivity index (χ4v) is 1.90. The predicted molar refractivity (Wildman–Crippen MR) is 73.3 cm³/mol. The number of halogens is 1. The maximum atomic E-state index is 12.0. The zero-order valence-electron chi connectivity index (χ0n) is 10.8. The Morgan fingerprint density at radius 1 is 1.59 bits per heavy atom. The Morgan fingerprint density at radius 3 is 2.76 bits per heavy atom. The number of aromatic nitrogens is 1. The average Bonchev–Trinajstić information content (AvgIpc) is 2.66. The van der Waals surface area contributed by atoms with Crippen LogP contribution in [0.2, 0.25) is 0 Å². The van der Waals surface area contributed by atoms with Gasteiger partial charge in [-0.3, -0.25) is 4.79 Å². The van der Waals surface area contributed by atoms with Crippen molar-refractivity contribution in [3.8, 4) is 0 Å². The molecule has 96 valence electrons. The number of nitrogens with zero attached hydrogens (tertiary/aromatic N) is 2. The summed E-state index contributed by atoms with van der Waals surface area (Å²) in [6, 6.07) is 2.17. The molecule has 0 aliphatic rings. The first kappa shape index (κ1) is 14.3. The minimum Gasteiger partial charge on any atom is -0.349 e. The Morgan fingerprint density at radius 2 is 2.24 bits per heavy atom. The zero-order valence-corrected chi connectivity index (χ0v) is 12.4. The molecule has 1 atom stereocenters. The predicted octanol–water partition coefficient (Wildman–Crippen LogP) is 1.95. The van der Waals surface area contributed by atoms with Gasteiger partial charge in [0.1, 0.15) is 5.69 Å². The van der Waals surface area contributed by atoms with Gasteiger partial charge in [0.25, 0.3) is 5.91 Å². The summed E-state index contributed by atoms with van der Waals surface area (Å²) in [4.78, 5) is 14.1. The molecular formula is C12H20BrN3O. The lowest BCUT2D eigenvalue weighted by Crippen LogP contribution is -2.38. The van der Waals surface area contributed by atoms with Gasteiger partial charge in [0.15, 0.2) is 0 Å². The van der Waals surface area contributed by atoms with E-state index in [-0.39, 0.29) is 5.91 Å². The van der Waals surface area contributed by atoms with Gasteiger partial charge in [-0.1, -0.05) is 0 Å². The first-order valence-corrected chi connectivity index (χ1v) is 6.55. The number of carbonyl (C=O) groups is 1. The standard InChI is InChI=1S/C12H20BrN3O/c1-5-16-8-10(13)6-11(16)12(17)14-7-9(2)15(3)4/h6,8-9H,5,7H2,1-4H3,(H,14,17). The summed E-state index contributed by atoms with van der Waals surface area (Å²) in [6.45, 7) is 5.54. The summed E-state index contributed by atoms with van der Waals surface area (Å²) in [6.07, 6.45) is 1.92. The minimum atomic E-state index is -0.0220. The molecule has 1 N–H and O–H groups in total. The van der Waals surface area contributed by atoms with Crippen molar-refractivity contribution in [2.75, 3.05) is 20.6 Å². The molecule has 5 heteroatoms. The van der Waals surface area contributed by atoms with Crippen molar-refractivity contribution in [2.45, 2.75) is 26.4 Å². The fourth-order valence-electron chi connectivity index (χ4n) is 1.44. The summed E-state index contributed by atoms with van der Waals surface area (Å²) in [5, 5.41) is 2.95. The van der Waals surface area contributed by atoms with Crippen molar-refractivity contribution in [2.24, 2.45) is 0 Å². The van der Waals surface area contributed by atoms with Crippen LogP contribution in [-0.4, -0.2) is 42.1 Å². The van der Waals surface area contributed by atoms with Crippen LogP contribution in [0.4, 0.5) is 0 Å². The van der Waals surface area contributed by atoms with Crippen molar-refractivity contribution in [1.82, 2.24) is 14.8 Å². The van der Waals surface area contributed by atoms with Crippen molar-refractivity contribution in [3.05, 3.63) is 22.4 Å². The van der Waals surface area contributed by atoms with Gasteiger partial charge in [0.05, 0.1) is 0 Å². The quantitative estimate of drug-likeness (QED) is 0.902. The van der Waals surface area contributed by atoms with Crippen LogP contribution in [0.15, 0.2) is 16.7 Å². The summed E-state index contributed by atoms with van der Waals surface area (Å²) in [7, 11) is 4.00. The molecular weight excluding hydrogens is 282 g/mol. The van der Waals surface area contributed by atoms with E-state index in [2.05, 4.69) is 33.1 Å². The highest BCUT2D eigenvalue weighted by Gasteiger charge is 2.13. The minimum absolute atomic E-state index is 0.0220. The monoisotopic (exact) mass is 301 g/mol. The largest absolute Gasteiger partial charge is 0.349 e. The van der Waals surface area contributed by atoms with E-state index in [1.54, 1.807) is 0 Å². The number of amides is 1. The molecule has 0 aliphatic carbocycles. The second kappa shape index (κ2) is 6.21. The van der Waals surface area contributed by atoms with Crippen LogP contribution in [0.3, 0.4) is 0 Å². The van der Waals surface area contributed by atoms with Crippen molar-refractivity contribution < 1.29 is 4.79 Å². The zero-order chi connectivity index (χ0) is 13.0. The number of rotatable bonds is 5. The third kappa shape index (κ3) is 3.85. The van der Waals surface area contributed by atoms with Crippen LogP contribution in [0.25, 0.3) is 0 Å². The van der Waals surface area contributed by atoms with Gasteiger partial charge in [0.2, 0.25) is 0 Å². The molecule has 1 heterocycles. The van der Waals surface area contributed by atoms with Crippen LogP contribution in [0.5, 0.6) is 0 Å². The molecule has 0 radical (unpaired) electrons. The van der Waals surface area contributed by atoms with Gasteiger partial charge in [0, 0.05) is 29.8 Å². The van der Waals surface area contributed by atoms with Gasteiger partial charge < -0.3 is 14.8 Å². The van der Waals surface area contributed by atoms with Crippen molar-refractivity contribution in [3.63, 3.8) is 0 Å². The van der Waals surface area contributed by atoms with E-state index in [1.807, 2.05) is 37.8 Å². The van der Waals surface area contributed by atoms with Gasteiger partial charge in [-0.25, -0.2) is 0 Å². The number of hydrogen-bond donors (Lipinski definition) is 1. The summed E-state index contributed by atoms with van der Waals surface area (Å²) >= 11 is 3.39. The lowest BCUT2D eigenvalue weighted by Gasteiger charge is -2.20. The molecule has 0 saturated heterocycles. The molecule has 1 aromatic heterocycles. The lowest BCUT2D eigenvalue weighted by atomic mass is 10.3. The second-order valence-corrected chi connectivity index (χ2v) is 5.27. The van der Waals surface area contributed by atoms with Gasteiger partial charge >= 0.3 is 0 Å². The van der Waals surface area contributed by atoms with Crippen LogP contribution in [-0.2, 0) is 6.54 Å². The topological polar surface area (TPSA) is 37.3 Å². The number of aryl methyl sites for hydroxylation is 1. The lowest BCUT2D eigenvalue weighted by molar-refractivity contribution is 0.0934. The molecule has 17 heavy (non-hydrogen) atoms. The first-order valence-electron chi connectivity index (χ1n) is 5.76. The number of likely N-dealkylation sites (N-methyl/N-ethyl adjacent to an activating group) is 1. The highest BCUT2D eigenvalue weighted by atomic mass is 79.9. The smallest absolute Gasteiger partial charge is 0.267 e. The molecule has 1 rings (SSSR count). The van der Waals surface area contributed by atoms with E-state index in [1.165, 1.54) is 0 Å². The molecule has 0 aliphatic heterocycles. The maximum absolute atomic E-state index is 12.0. The Kier molecular flexibility index (Phi) is 5.21. The van der Waals surface area contributed by atoms with E-state index in [0.717, 1.165) is 11.0 Å². The van der Waals surface area contributed by atoms with Crippen LogP contribution in [0, 0.1) is 0 Å². The van der Waals surface area contributed by atoms with Crippen molar-refractivity contribution in [1.29, 1.82) is 0 Å². The van der Waals surface area contributed by atoms with Crippen LogP contribution in [0.1, 0.15) is 24.3 Å². The summed E-state index contributed by atoms with van der Waals surface area (Å²) < 4.78 is 2.87. The maximum Gasteiger partial charge on any atom is 0.267 e. The molecule has 4 nitrogen and oxygen atoms in total. The van der Waals surface area contributed by atoms with E-state index in [0.29, 0.717) is 18.3 Å². The van der Waals surface area contributed by atoms with Crippen molar-refractivity contribution >= 4 is 21.8 Å². The Bertz CT molecular complexity index is 387. The molecule has 1 unspecified atom stereocenters. The van der Waals surface area contributed by atoms with Crippen LogP contribution < -0.4 is 5.32 Å². The second-order valence-electron chi connectivity index (χ2n) is 4.35. The first-order chi connectivity index (χ1) is 7.95. The van der Waals surface area contributed by atoms with E-state index in [4.69, 9.17) is 0 Å². The third-order valence-corrected chi connectivity index (χ3v) is 3.31. The molecule has 0 spiro atoms. The fraction of sp³-hybridized carbons (Fsp3) is 0.583. The molecule has 1 aromatic rings. The van der Waals surface area contributed by atoms with E-state index >= 15 is 0 Å². The number of hydrogen-bond acceptors (Lipinski definition) is 2.